The summed E-state index contributed by atoms with van der Waals surface area (Å²) in [5.41, 5.74) is 0. The van der Waals surface area contributed by atoms with Crippen LogP contribution in [0, 0.1) is 5.92 Å². The van der Waals surface area contributed by atoms with Crippen LogP contribution in [0.3, 0.4) is 0 Å². The second kappa shape index (κ2) is 5.04. The van der Waals surface area contributed by atoms with Crippen molar-refractivity contribution >= 4 is 11.8 Å². The molecule has 0 aliphatic carbocycles. The summed E-state index contributed by atoms with van der Waals surface area (Å²) in [5.74, 6) is 0.239. The third kappa shape index (κ3) is 2.60. The van der Waals surface area contributed by atoms with E-state index in [2.05, 4.69) is 5.32 Å². The van der Waals surface area contributed by atoms with Crippen LogP contribution < -0.4 is 5.32 Å². The molecule has 0 aromatic carbocycles. The third-order valence-corrected chi connectivity index (χ3v) is 3.54. The van der Waals surface area contributed by atoms with Crippen LogP contribution in [0.25, 0.3) is 0 Å². The van der Waals surface area contributed by atoms with Crippen LogP contribution in [0.15, 0.2) is 0 Å². The van der Waals surface area contributed by atoms with Gasteiger partial charge in [-0.2, -0.15) is 0 Å². The molecule has 5 heteroatoms. The maximum atomic E-state index is 12.3. The molecule has 0 saturated carbocycles. The molecule has 2 aliphatic rings. The van der Waals surface area contributed by atoms with Crippen LogP contribution in [0.1, 0.15) is 26.7 Å². The number of hydrogen-bond donors (Lipinski definition) is 1. The van der Waals surface area contributed by atoms with Crippen LogP contribution in [0.5, 0.6) is 0 Å². The number of carbonyl (C=O) groups excluding carboxylic acids is 2. The van der Waals surface area contributed by atoms with Crippen LogP contribution in [-0.4, -0.2) is 48.6 Å². The molecule has 5 nitrogen and oxygen atoms in total. The largest absolute Gasteiger partial charge is 0.381 e. The van der Waals surface area contributed by atoms with Crippen molar-refractivity contribution in [1.82, 2.24) is 10.2 Å². The summed E-state index contributed by atoms with van der Waals surface area (Å²) in [5, 5.41) is 2.84. The summed E-state index contributed by atoms with van der Waals surface area (Å²) in [6.45, 7) is 5.45. The highest BCUT2D eigenvalue weighted by Crippen LogP contribution is 2.22. The molecular weight excluding hydrogens is 220 g/mol. The second-order valence-corrected chi connectivity index (χ2v) is 5.05. The summed E-state index contributed by atoms with van der Waals surface area (Å²) in [4.78, 5) is 25.6. The van der Waals surface area contributed by atoms with Gasteiger partial charge in [-0.3, -0.25) is 9.59 Å². The molecular formula is C12H20N2O3. The standard InChI is InChI=1S/C12H20N2O3/c1-8(2)14-7-10(15)13-11(12(14)16)9-3-5-17-6-4-9/h8-9,11H,3-7H2,1-2H3,(H,13,15)/t11-/m0/s1. The van der Waals surface area contributed by atoms with E-state index in [1.807, 2.05) is 13.8 Å². The molecule has 2 aliphatic heterocycles. The normalized spacial score (nSPS) is 27.5. The number of ether oxygens (including phenoxy) is 1. The Labute approximate surface area is 101 Å². The smallest absolute Gasteiger partial charge is 0.246 e. The highest BCUT2D eigenvalue weighted by molar-refractivity contribution is 5.95. The summed E-state index contributed by atoms with van der Waals surface area (Å²) in [6.07, 6.45) is 1.70. The van der Waals surface area contributed by atoms with Crippen LogP contribution in [-0.2, 0) is 14.3 Å². The van der Waals surface area contributed by atoms with Gasteiger partial charge in [-0.15, -0.1) is 0 Å². The van der Waals surface area contributed by atoms with Crippen molar-refractivity contribution in [3.8, 4) is 0 Å². The first-order chi connectivity index (χ1) is 8.09. The molecule has 0 bridgehead atoms. The summed E-state index contributed by atoms with van der Waals surface area (Å²) < 4.78 is 5.29. The Morgan fingerprint density at radius 2 is 1.94 bits per heavy atom. The quantitative estimate of drug-likeness (QED) is 0.747. The van der Waals surface area contributed by atoms with Gasteiger partial charge in [0.2, 0.25) is 11.8 Å². The van der Waals surface area contributed by atoms with E-state index in [4.69, 9.17) is 4.74 Å². The van der Waals surface area contributed by atoms with Gasteiger partial charge in [-0.1, -0.05) is 0 Å². The summed E-state index contributed by atoms with van der Waals surface area (Å²) in [7, 11) is 0. The molecule has 2 rings (SSSR count). The Morgan fingerprint density at radius 1 is 1.29 bits per heavy atom. The van der Waals surface area contributed by atoms with Gasteiger partial charge < -0.3 is 15.0 Å². The Balaban J connectivity index is 2.09. The van der Waals surface area contributed by atoms with Gasteiger partial charge in [-0.05, 0) is 32.6 Å². The first-order valence-corrected chi connectivity index (χ1v) is 6.27. The number of amides is 2. The van der Waals surface area contributed by atoms with Crippen molar-refractivity contribution in [2.75, 3.05) is 19.8 Å². The molecule has 0 radical (unpaired) electrons. The molecule has 0 spiro atoms. The molecule has 1 N–H and O–H groups in total. The first-order valence-electron chi connectivity index (χ1n) is 6.27. The zero-order valence-electron chi connectivity index (χ0n) is 10.4. The lowest BCUT2D eigenvalue weighted by atomic mass is 9.89. The zero-order chi connectivity index (χ0) is 12.4. The molecule has 0 aromatic rings. The van der Waals surface area contributed by atoms with Gasteiger partial charge in [0.1, 0.15) is 6.04 Å². The Hall–Kier alpha value is -1.10. The highest BCUT2D eigenvalue weighted by Gasteiger charge is 2.39. The number of piperazine rings is 1. The van der Waals surface area contributed by atoms with E-state index in [0.717, 1.165) is 12.8 Å². The van der Waals surface area contributed by atoms with Gasteiger partial charge in [0.25, 0.3) is 0 Å². The van der Waals surface area contributed by atoms with Crippen molar-refractivity contribution in [2.45, 2.75) is 38.8 Å². The van der Waals surface area contributed by atoms with E-state index in [-0.39, 0.29) is 36.4 Å². The molecule has 2 fully saturated rings. The maximum absolute atomic E-state index is 12.3. The molecule has 0 aromatic heterocycles. The van der Waals surface area contributed by atoms with Crippen LogP contribution >= 0.6 is 0 Å². The van der Waals surface area contributed by atoms with Crippen molar-refractivity contribution in [3.05, 3.63) is 0 Å². The zero-order valence-corrected chi connectivity index (χ0v) is 10.4. The predicted octanol–water partition coefficient (Wildman–Crippen LogP) is 0.148. The topological polar surface area (TPSA) is 58.6 Å². The lowest BCUT2D eigenvalue weighted by Gasteiger charge is -2.39. The van der Waals surface area contributed by atoms with Gasteiger partial charge >= 0.3 is 0 Å². The molecule has 2 amide bonds. The monoisotopic (exact) mass is 240 g/mol. The minimum absolute atomic E-state index is 0.0465. The van der Waals surface area contributed by atoms with Crippen LogP contribution in [0.2, 0.25) is 0 Å². The fraction of sp³-hybridized carbons (Fsp3) is 0.833. The van der Waals surface area contributed by atoms with Crippen molar-refractivity contribution in [1.29, 1.82) is 0 Å². The fourth-order valence-electron chi connectivity index (χ4n) is 2.50. The summed E-state index contributed by atoms with van der Waals surface area (Å²) in [6, 6.07) is -0.265. The van der Waals surface area contributed by atoms with Gasteiger partial charge in [-0.25, -0.2) is 0 Å². The van der Waals surface area contributed by atoms with Gasteiger partial charge in [0.15, 0.2) is 0 Å². The number of hydrogen-bond acceptors (Lipinski definition) is 3. The van der Waals surface area contributed by atoms with E-state index < -0.39 is 0 Å². The minimum Gasteiger partial charge on any atom is -0.381 e. The lowest BCUT2D eigenvalue weighted by molar-refractivity contribution is -0.148. The minimum atomic E-state index is -0.345. The van der Waals surface area contributed by atoms with Crippen molar-refractivity contribution in [2.24, 2.45) is 5.92 Å². The van der Waals surface area contributed by atoms with E-state index in [0.29, 0.717) is 13.2 Å². The highest BCUT2D eigenvalue weighted by atomic mass is 16.5. The molecule has 2 heterocycles. The second-order valence-electron chi connectivity index (χ2n) is 5.05. The Kier molecular flexibility index (Phi) is 3.66. The maximum Gasteiger partial charge on any atom is 0.246 e. The lowest BCUT2D eigenvalue weighted by Crippen LogP contribution is -2.62. The molecule has 17 heavy (non-hydrogen) atoms. The third-order valence-electron chi connectivity index (χ3n) is 3.54. The Bertz CT molecular complexity index is 311. The van der Waals surface area contributed by atoms with E-state index in [1.165, 1.54) is 0 Å². The number of rotatable bonds is 2. The van der Waals surface area contributed by atoms with Crippen molar-refractivity contribution in [3.63, 3.8) is 0 Å². The van der Waals surface area contributed by atoms with Crippen LogP contribution in [0.4, 0.5) is 0 Å². The average molecular weight is 240 g/mol. The number of nitrogens with zero attached hydrogens (tertiary/aromatic N) is 1. The molecule has 1 atom stereocenters. The van der Waals surface area contributed by atoms with Gasteiger partial charge in [0, 0.05) is 19.3 Å². The number of carbonyl (C=O) groups is 2. The average Bonchev–Trinajstić information content (AvgIpc) is 2.32. The molecule has 0 unspecified atom stereocenters. The first kappa shape index (κ1) is 12.4. The fourth-order valence-corrected chi connectivity index (χ4v) is 2.50. The summed E-state index contributed by atoms with van der Waals surface area (Å²) >= 11 is 0. The number of nitrogens with one attached hydrogen (secondary N) is 1. The van der Waals surface area contributed by atoms with E-state index in [1.54, 1.807) is 4.90 Å². The molecule has 2 saturated heterocycles. The van der Waals surface area contributed by atoms with E-state index >= 15 is 0 Å². The predicted molar refractivity (Wildman–Crippen MR) is 62.3 cm³/mol. The SMILES string of the molecule is CC(C)N1CC(=O)N[C@@H](C2CCOCC2)C1=O. The van der Waals surface area contributed by atoms with Gasteiger partial charge in [0.05, 0.1) is 6.54 Å². The Morgan fingerprint density at radius 3 is 2.53 bits per heavy atom. The van der Waals surface area contributed by atoms with Crippen molar-refractivity contribution < 1.29 is 14.3 Å². The van der Waals surface area contributed by atoms with E-state index in [9.17, 15) is 9.59 Å². The molecule has 96 valence electrons.